The van der Waals surface area contributed by atoms with E-state index in [-0.39, 0.29) is 68.9 Å². The Morgan fingerprint density at radius 1 is 1.26 bits per heavy atom. The number of nitrogens with two attached hydrogens (primary N) is 1. The molecule has 2 aliphatic rings. The highest BCUT2D eigenvalue weighted by Crippen LogP contribution is 2.27. The molecule has 1 fully saturated rings. The second kappa shape index (κ2) is 18.3. The standard InChI is InChI=1S/C34H47FN8O7/c1-21(2)32-23(15-30(46)38-11-13-42-19-25(18-36)40-41-42)8-9-29(45)37-10-4-6-22(3)14-26(44)16-24(35)17-31-39-27(20-49-31)33(47)43-12-5-7-28(43)34(48)50-32/h4,6,8-9,14,19-21,23-24,26,28,32,44H,5,7,10-13,15-18,36H2,1-3H3,(H,37,45)(H,38,46)/b6-4?,9-8+,22-14?/t23-,24+,26+,28+,32+/m0/s1. The van der Waals surface area contributed by atoms with Crippen LogP contribution in [-0.4, -0.2) is 97.7 Å². The molecule has 2 aromatic heterocycles. The average molecular weight is 699 g/mol. The van der Waals surface area contributed by atoms with E-state index < -0.39 is 48.1 Å². The van der Waals surface area contributed by atoms with E-state index in [0.29, 0.717) is 30.7 Å². The normalized spacial score (nSPS) is 25.1. The summed E-state index contributed by atoms with van der Waals surface area (Å²) in [5.41, 5.74) is 6.80. The Hall–Kier alpha value is -4.70. The summed E-state index contributed by atoms with van der Waals surface area (Å²) in [5, 5.41) is 23.8. The summed E-state index contributed by atoms with van der Waals surface area (Å²) in [6.45, 7) is 6.71. The minimum atomic E-state index is -1.50. The number of oxazole rings is 1. The molecule has 4 rings (SSSR count). The van der Waals surface area contributed by atoms with Gasteiger partial charge in [0.15, 0.2) is 11.6 Å². The van der Waals surface area contributed by atoms with Gasteiger partial charge in [-0.25, -0.2) is 14.2 Å². The van der Waals surface area contributed by atoms with E-state index in [1.165, 1.54) is 17.1 Å². The third kappa shape index (κ3) is 11.2. The maximum atomic E-state index is 14.8. The second-order valence-electron chi connectivity index (χ2n) is 12.8. The molecule has 1 saturated heterocycles. The van der Waals surface area contributed by atoms with Gasteiger partial charge in [-0.3, -0.25) is 19.1 Å². The Kier molecular flexibility index (Phi) is 14.0. The van der Waals surface area contributed by atoms with Crippen molar-refractivity contribution in [3.05, 3.63) is 65.7 Å². The van der Waals surface area contributed by atoms with Gasteiger partial charge in [-0.05, 0) is 31.8 Å². The average Bonchev–Trinajstić information content (AvgIpc) is 3.84. The summed E-state index contributed by atoms with van der Waals surface area (Å²) >= 11 is 0. The zero-order valence-electron chi connectivity index (χ0n) is 28.7. The largest absolute Gasteiger partial charge is 0.460 e. The van der Waals surface area contributed by atoms with Crippen LogP contribution in [-0.2, 0) is 38.6 Å². The fraction of sp³-hybridized carbons (Fsp3) is 0.559. The molecule has 2 aliphatic heterocycles. The van der Waals surface area contributed by atoms with Gasteiger partial charge in [-0.15, -0.1) is 5.10 Å². The molecule has 5 N–H and O–H groups in total. The van der Waals surface area contributed by atoms with Crippen molar-refractivity contribution >= 4 is 23.7 Å². The molecular weight excluding hydrogens is 651 g/mol. The molecule has 0 aliphatic carbocycles. The summed E-state index contributed by atoms with van der Waals surface area (Å²) in [6.07, 6.45) is 7.47. The van der Waals surface area contributed by atoms with Crippen molar-refractivity contribution < 1.29 is 37.8 Å². The summed E-state index contributed by atoms with van der Waals surface area (Å²) in [4.78, 5) is 58.6. The number of nitrogens with zero attached hydrogens (tertiary/aromatic N) is 5. The first-order chi connectivity index (χ1) is 23.9. The zero-order valence-corrected chi connectivity index (χ0v) is 28.7. The van der Waals surface area contributed by atoms with Gasteiger partial charge in [-0.2, -0.15) is 0 Å². The number of nitrogens with one attached hydrogen (secondary N) is 2. The number of ether oxygens (including phenoxy) is 1. The number of allylic oxidation sites excluding steroid dienone is 2. The molecule has 0 radical (unpaired) electrons. The summed E-state index contributed by atoms with van der Waals surface area (Å²) in [6, 6.07) is -0.917. The summed E-state index contributed by atoms with van der Waals surface area (Å²) < 4.78 is 27.8. The van der Waals surface area contributed by atoms with Crippen LogP contribution >= 0.6 is 0 Å². The first-order valence-electron chi connectivity index (χ1n) is 16.9. The van der Waals surface area contributed by atoms with Gasteiger partial charge < -0.3 is 35.5 Å². The molecule has 0 unspecified atom stereocenters. The van der Waals surface area contributed by atoms with Crippen molar-refractivity contribution in [1.82, 2.24) is 35.5 Å². The van der Waals surface area contributed by atoms with Gasteiger partial charge in [0.25, 0.3) is 5.91 Å². The van der Waals surface area contributed by atoms with Gasteiger partial charge in [0, 0.05) is 51.1 Å². The predicted molar refractivity (Wildman–Crippen MR) is 179 cm³/mol. The molecule has 16 heteroatoms. The maximum Gasteiger partial charge on any atom is 0.329 e. The molecule has 15 nitrogen and oxygen atoms in total. The number of halogens is 1. The van der Waals surface area contributed by atoms with Gasteiger partial charge in [0.05, 0.1) is 24.8 Å². The van der Waals surface area contributed by atoms with E-state index in [9.17, 15) is 28.7 Å². The lowest BCUT2D eigenvalue weighted by Gasteiger charge is -2.30. The van der Waals surface area contributed by atoms with Crippen molar-refractivity contribution in [2.75, 3.05) is 19.6 Å². The number of amides is 3. The van der Waals surface area contributed by atoms with Crippen LogP contribution in [0.5, 0.6) is 0 Å². The number of cyclic esters (lactones) is 1. The smallest absolute Gasteiger partial charge is 0.329 e. The van der Waals surface area contributed by atoms with Crippen LogP contribution in [0.2, 0.25) is 0 Å². The fourth-order valence-corrected chi connectivity index (χ4v) is 5.90. The number of esters is 1. The van der Waals surface area contributed by atoms with E-state index in [2.05, 4.69) is 25.9 Å². The van der Waals surface area contributed by atoms with Crippen LogP contribution in [0.15, 0.2) is 52.8 Å². The Bertz CT molecular complexity index is 1570. The molecule has 3 amide bonds. The minimum absolute atomic E-state index is 0.00419. The first-order valence-corrected chi connectivity index (χ1v) is 16.9. The lowest BCUT2D eigenvalue weighted by molar-refractivity contribution is -0.159. The Morgan fingerprint density at radius 2 is 2.06 bits per heavy atom. The second-order valence-corrected chi connectivity index (χ2v) is 12.8. The van der Waals surface area contributed by atoms with E-state index in [4.69, 9.17) is 14.9 Å². The number of hydrogen-bond acceptors (Lipinski definition) is 11. The maximum absolute atomic E-state index is 14.8. The highest BCUT2D eigenvalue weighted by atomic mass is 19.1. The zero-order chi connectivity index (χ0) is 36.2. The van der Waals surface area contributed by atoms with E-state index in [1.807, 2.05) is 13.8 Å². The number of rotatable bonds is 7. The minimum Gasteiger partial charge on any atom is -0.460 e. The Balaban J connectivity index is 1.55. The van der Waals surface area contributed by atoms with Gasteiger partial charge in [0.1, 0.15) is 24.6 Å². The number of carbonyl (C=O) groups excluding carboxylic acids is 4. The molecule has 272 valence electrons. The van der Waals surface area contributed by atoms with Crippen LogP contribution in [0.1, 0.15) is 68.5 Å². The third-order valence-corrected chi connectivity index (χ3v) is 8.39. The van der Waals surface area contributed by atoms with Gasteiger partial charge in [-0.1, -0.05) is 48.9 Å². The van der Waals surface area contributed by atoms with Crippen LogP contribution in [0.25, 0.3) is 0 Å². The number of alkyl halides is 1. The van der Waals surface area contributed by atoms with E-state index in [1.54, 1.807) is 36.0 Å². The number of hydrogen-bond donors (Lipinski definition) is 4. The summed E-state index contributed by atoms with van der Waals surface area (Å²) in [7, 11) is 0. The molecule has 5 atom stereocenters. The number of aliphatic hydroxyl groups is 1. The van der Waals surface area contributed by atoms with Crippen molar-refractivity contribution in [3.8, 4) is 0 Å². The van der Waals surface area contributed by atoms with Crippen molar-refractivity contribution in [2.45, 2.75) is 90.4 Å². The molecule has 0 saturated carbocycles. The molecule has 0 spiro atoms. The number of aliphatic hydroxyl groups excluding tert-OH is 1. The van der Waals surface area contributed by atoms with Gasteiger partial charge in [0.2, 0.25) is 11.8 Å². The topological polar surface area (TPSA) is 208 Å². The van der Waals surface area contributed by atoms with Crippen molar-refractivity contribution in [1.29, 1.82) is 0 Å². The fourth-order valence-electron chi connectivity index (χ4n) is 5.90. The van der Waals surface area contributed by atoms with E-state index in [0.717, 1.165) is 6.26 Å². The quantitative estimate of drug-likeness (QED) is 0.305. The van der Waals surface area contributed by atoms with Crippen LogP contribution in [0.3, 0.4) is 0 Å². The van der Waals surface area contributed by atoms with Crippen LogP contribution < -0.4 is 16.4 Å². The monoisotopic (exact) mass is 698 g/mol. The molecule has 4 heterocycles. The first kappa shape index (κ1) is 38.1. The van der Waals surface area contributed by atoms with Crippen molar-refractivity contribution in [3.63, 3.8) is 0 Å². The Morgan fingerprint density at radius 3 is 2.80 bits per heavy atom. The number of aromatic nitrogens is 4. The summed E-state index contributed by atoms with van der Waals surface area (Å²) in [5.74, 6) is -2.94. The lowest BCUT2D eigenvalue weighted by Crippen LogP contribution is -2.44. The lowest BCUT2D eigenvalue weighted by atomic mass is 9.89. The van der Waals surface area contributed by atoms with Crippen molar-refractivity contribution in [2.24, 2.45) is 17.6 Å². The molecule has 2 aromatic rings. The van der Waals surface area contributed by atoms with E-state index >= 15 is 0 Å². The SMILES string of the molecule is CC1=C[C@@H](O)C[C@@H](F)Cc2nc(co2)C(=O)N2CCC[C@@H]2C(=O)O[C@H](C(C)C)[C@H](CC(=O)NCCn2cc(CN)nn2)/C=C/C(=O)NCC=C1. The molecule has 2 bridgehead atoms. The molecule has 0 aromatic carbocycles. The molecule has 50 heavy (non-hydrogen) atoms. The van der Waals surface area contributed by atoms with Crippen LogP contribution in [0, 0.1) is 11.8 Å². The number of carbonyl (C=O) groups is 4. The number of fused-ring (bicyclic) bond motifs is 3. The third-order valence-electron chi connectivity index (χ3n) is 8.39. The van der Waals surface area contributed by atoms with Crippen LogP contribution in [0.4, 0.5) is 4.39 Å². The highest BCUT2D eigenvalue weighted by Gasteiger charge is 2.39. The molecular formula is C34H47FN8O7. The predicted octanol–water partition coefficient (Wildman–Crippen LogP) is 1.54. The Labute approximate surface area is 290 Å². The highest BCUT2D eigenvalue weighted by molar-refractivity contribution is 5.95. The van der Waals surface area contributed by atoms with Gasteiger partial charge >= 0.3 is 5.97 Å².